The van der Waals surface area contributed by atoms with Crippen molar-refractivity contribution in [1.29, 1.82) is 0 Å². The summed E-state index contributed by atoms with van der Waals surface area (Å²) in [6.45, 7) is 4.12. The maximum atomic E-state index is 9.57. The zero-order chi connectivity index (χ0) is 12.9. The van der Waals surface area contributed by atoms with Crippen molar-refractivity contribution in [2.75, 3.05) is 13.2 Å². The molecule has 15 heavy (non-hydrogen) atoms. The van der Waals surface area contributed by atoms with Crippen LogP contribution in [0.25, 0.3) is 0 Å². The summed E-state index contributed by atoms with van der Waals surface area (Å²) in [4.78, 5) is 18.8. The highest BCUT2D eigenvalue weighted by atomic mass is 35.5. The standard InChI is InChI=1S/C3H5ClO2.C3H4O2.C2H6O2/c1-2(4)3(5)6;1-2-3(4)5;3-1-2-4/h2H,1H3,(H,5,6);2H,1H2,(H,4,5);3-4H,1-2H2. The summed E-state index contributed by atoms with van der Waals surface area (Å²) in [5.41, 5.74) is 0. The summed E-state index contributed by atoms with van der Waals surface area (Å²) in [6, 6.07) is 0. The maximum Gasteiger partial charge on any atom is 0.327 e. The molecule has 1 unspecified atom stereocenters. The second kappa shape index (κ2) is 15.4. The Bertz CT molecular complexity index is 178. The topological polar surface area (TPSA) is 115 Å². The molecule has 0 aromatic heterocycles. The fourth-order valence-corrected chi connectivity index (χ4v) is 0. The summed E-state index contributed by atoms with van der Waals surface area (Å²) >= 11 is 5.01. The number of carboxylic acids is 2. The zero-order valence-corrected chi connectivity index (χ0v) is 9.02. The van der Waals surface area contributed by atoms with Gasteiger partial charge in [0.2, 0.25) is 0 Å². The third kappa shape index (κ3) is 44.1. The number of carbonyl (C=O) groups is 2. The Morgan fingerprint density at radius 3 is 1.53 bits per heavy atom. The average molecular weight is 243 g/mol. The normalized spacial score (nSPS) is 9.60. The van der Waals surface area contributed by atoms with Gasteiger partial charge in [-0.25, -0.2) is 4.79 Å². The Morgan fingerprint density at radius 1 is 1.33 bits per heavy atom. The SMILES string of the molecule is C=CC(=O)O.CC(Cl)C(=O)O.OCCO. The van der Waals surface area contributed by atoms with Crippen LogP contribution in [0.5, 0.6) is 0 Å². The first-order chi connectivity index (χ1) is 6.83. The number of halogens is 1. The minimum absolute atomic E-state index is 0.125. The molecule has 0 aromatic carbocycles. The average Bonchev–Trinajstić information content (AvgIpc) is 2.19. The van der Waals surface area contributed by atoms with E-state index < -0.39 is 17.3 Å². The van der Waals surface area contributed by atoms with Crippen molar-refractivity contribution in [3.8, 4) is 0 Å². The summed E-state index contributed by atoms with van der Waals surface area (Å²) < 4.78 is 0. The molecule has 0 bridgehead atoms. The minimum atomic E-state index is -0.981. The van der Waals surface area contributed by atoms with Crippen LogP contribution in [0.1, 0.15) is 6.92 Å². The number of aliphatic hydroxyl groups excluding tert-OH is 2. The Balaban J connectivity index is -0.000000147. The van der Waals surface area contributed by atoms with Crippen LogP contribution in [0.3, 0.4) is 0 Å². The highest BCUT2D eigenvalue weighted by molar-refractivity contribution is 6.29. The van der Waals surface area contributed by atoms with Gasteiger partial charge in [-0.1, -0.05) is 6.58 Å². The molecule has 0 aliphatic rings. The largest absolute Gasteiger partial charge is 0.480 e. The van der Waals surface area contributed by atoms with Crippen LogP contribution < -0.4 is 0 Å². The lowest BCUT2D eigenvalue weighted by Crippen LogP contribution is -2.06. The van der Waals surface area contributed by atoms with Gasteiger partial charge in [0, 0.05) is 6.08 Å². The Labute approximate surface area is 92.4 Å². The number of rotatable bonds is 3. The van der Waals surface area contributed by atoms with Gasteiger partial charge in [-0.05, 0) is 6.92 Å². The number of alkyl halides is 1. The molecule has 0 aliphatic carbocycles. The van der Waals surface area contributed by atoms with Crippen LogP contribution in [0.4, 0.5) is 0 Å². The fourth-order valence-electron chi connectivity index (χ4n) is 0. The summed E-state index contributed by atoms with van der Waals surface area (Å²) in [6.07, 6.45) is 0.833. The molecule has 7 heteroatoms. The molecule has 0 saturated heterocycles. The molecule has 0 fully saturated rings. The van der Waals surface area contributed by atoms with Gasteiger partial charge in [0.05, 0.1) is 13.2 Å². The van der Waals surface area contributed by atoms with Crippen molar-refractivity contribution in [3.63, 3.8) is 0 Å². The van der Waals surface area contributed by atoms with Gasteiger partial charge in [-0.2, -0.15) is 0 Å². The van der Waals surface area contributed by atoms with E-state index in [1.54, 1.807) is 0 Å². The second-order valence-electron chi connectivity index (χ2n) is 1.94. The predicted molar refractivity (Wildman–Crippen MR) is 55.0 cm³/mol. The summed E-state index contributed by atoms with van der Waals surface area (Å²) in [5, 5.41) is 30.0. The van der Waals surface area contributed by atoms with E-state index in [-0.39, 0.29) is 13.2 Å². The van der Waals surface area contributed by atoms with Crippen LogP contribution in [-0.4, -0.2) is 51.0 Å². The molecule has 90 valence electrons. The molecular formula is C8H15ClO6. The van der Waals surface area contributed by atoms with Crippen LogP contribution >= 0.6 is 11.6 Å². The van der Waals surface area contributed by atoms with E-state index >= 15 is 0 Å². The molecule has 0 radical (unpaired) electrons. The van der Waals surface area contributed by atoms with E-state index in [0.717, 1.165) is 6.08 Å². The summed E-state index contributed by atoms with van der Waals surface area (Å²) in [7, 11) is 0. The molecule has 0 rings (SSSR count). The fraction of sp³-hybridized carbons (Fsp3) is 0.500. The van der Waals surface area contributed by atoms with Gasteiger partial charge < -0.3 is 20.4 Å². The van der Waals surface area contributed by atoms with Gasteiger partial charge in [0.1, 0.15) is 5.38 Å². The third-order valence-electron chi connectivity index (χ3n) is 0.615. The second-order valence-corrected chi connectivity index (χ2v) is 2.60. The van der Waals surface area contributed by atoms with Crippen LogP contribution in [0, 0.1) is 0 Å². The van der Waals surface area contributed by atoms with Crippen molar-refractivity contribution >= 4 is 23.5 Å². The monoisotopic (exact) mass is 242 g/mol. The van der Waals surface area contributed by atoms with E-state index in [4.69, 9.17) is 32.0 Å². The lowest BCUT2D eigenvalue weighted by molar-refractivity contribution is -0.136. The predicted octanol–water partition coefficient (Wildman–Crippen LogP) is -0.0737. The molecule has 1 atom stereocenters. The van der Waals surface area contributed by atoms with Gasteiger partial charge in [-0.3, -0.25) is 4.79 Å². The van der Waals surface area contributed by atoms with E-state index in [9.17, 15) is 9.59 Å². The van der Waals surface area contributed by atoms with Crippen LogP contribution in [-0.2, 0) is 9.59 Å². The van der Waals surface area contributed by atoms with Crippen molar-refractivity contribution in [2.45, 2.75) is 12.3 Å². The molecule has 0 aliphatic heterocycles. The Morgan fingerprint density at radius 2 is 1.53 bits per heavy atom. The Hall–Kier alpha value is -1.11. The van der Waals surface area contributed by atoms with Gasteiger partial charge in [0.15, 0.2) is 0 Å². The smallest absolute Gasteiger partial charge is 0.327 e. The first-order valence-electron chi connectivity index (χ1n) is 3.77. The van der Waals surface area contributed by atoms with Gasteiger partial charge in [-0.15, -0.1) is 11.6 Å². The first kappa shape index (κ1) is 19.5. The van der Waals surface area contributed by atoms with Gasteiger partial charge >= 0.3 is 11.9 Å². The molecule has 0 heterocycles. The molecule has 0 amide bonds. The molecule has 0 aromatic rings. The highest BCUT2D eigenvalue weighted by Crippen LogP contribution is 1.89. The lowest BCUT2D eigenvalue weighted by Gasteiger charge is -1.86. The van der Waals surface area contributed by atoms with Crippen molar-refractivity contribution in [1.82, 2.24) is 0 Å². The van der Waals surface area contributed by atoms with Crippen molar-refractivity contribution in [3.05, 3.63) is 12.7 Å². The van der Waals surface area contributed by atoms with E-state index in [2.05, 4.69) is 6.58 Å². The first-order valence-corrected chi connectivity index (χ1v) is 4.21. The Kier molecular flexibility index (Phi) is 19.9. The van der Waals surface area contributed by atoms with Crippen molar-refractivity contribution < 1.29 is 30.0 Å². The van der Waals surface area contributed by atoms with E-state index in [1.165, 1.54) is 6.92 Å². The molecule has 0 saturated carbocycles. The number of carboxylic acid groups (broad SMARTS) is 2. The quantitative estimate of drug-likeness (QED) is 0.407. The zero-order valence-electron chi connectivity index (χ0n) is 8.26. The lowest BCUT2D eigenvalue weighted by atomic mass is 10.5. The van der Waals surface area contributed by atoms with Crippen LogP contribution in [0.2, 0.25) is 0 Å². The molecule has 6 nitrogen and oxygen atoms in total. The molecular weight excluding hydrogens is 228 g/mol. The van der Waals surface area contributed by atoms with Crippen LogP contribution in [0.15, 0.2) is 12.7 Å². The third-order valence-corrected chi connectivity index (χ3v) is 0.802. The van der Waals surface area contributed by atoms with E-state index in [0.29, 0.717) is 0 Å². The molecule has 4 N–H and O–H groups in total. The number of aliphatic hydroxyl groups is 2. The maximum absolute atomic E-state index is 9.57. The summed E-state index contributed by atoms with van der Waals surface area (Å²) in [5.74, 6) is -1.96. The minimum Gasteiger partial charge on any atom is -0.480 e. The van der Waals surface area contributed by atoms with E-state index in [1.807, 2.05) is 0 Å². The highest BCUT2D eigenvalue weighted by Gasteiger charge is 2.02. The molecule has 0 spiro atoms. The van der Waals surface area contributed by atoms with Gasteiger partial charge in [0.25, 0.3) is 0 Å². The number of hydrogen-bond donors (Lipinski definition) is 4. The number of aliphatic carboxylic acids is 2. The van der Waals surface area contributed by atoms with Crippen molar-refractivity contribution in [2.24, 2.45) is 0 Å². The number of hydrogen-bond acceptors (Lipinski definition) is 4.